The first kappa shape index (κ1) is 27.3. The van der Waals surface area contributed by atoms with Crippen molar-refractivity contribution in [3.63, 3.8) is 0 Å². The number of benzene rings is 3. The number of aromatic nitrogens is 1. The summed E-state index contributed by atoms with van der Waals surface area (Å²) in [6.07, 6.45) is 1.51. The molecule has 0 fully saturated rings. The van der Waals surface area contributed by atoms with E-state index in [4.69, 9.17) is 0 Å². The fourth-order valence-corrected chi connectivity index (χ4v) is 5.57. The zero-order valence-electron chi connectivity index (χ0n) is 21.6. The van der Waals surface area contributed by atoms with Crippen molar-refractivity contribution in [1.29, 1.82) is 0 Å². The SMILES string of the molecule is Cc1ccc(-n2c(C)cc(/C=N\NC(=O)CN(c3ccc([N+](=O)[O-])cc3)S(=O)(=O)c3ccccc3)c2C)cc1. The number of anilines is 1. The maximum absolute atomic E-state index is 13.4. The first-order chi connectivity index (χ1) is 18.6. The number of hydrogen-bond donors (Lipinski definition) is 1. The van der Waals surface area contributed by atoms with Gasteiger partial charge in [-0.15, -0.1) is 0 Å². The number of nitro groups is 1. The van der Waals surface area contributed by atoms with Gasteiger partial charge in [0.2, 0.25) is 0 Å². The Balaban J connectivity index is 1.55. The van der Waals surface area contributed by atoms with Crippen LogP contribution < -0.4 is 9.73 Å². The lowest BCUT2D eigenvalue weighted by Gasteiger charge is -2.23. The predicted octanol–water partition coefficient (Wildman–Crippen LogP) is 4.66. The second-order valence-corrected chi connectivity index (χ2v) is 10.8. The van der Waals surface area contributed by atoms with E-state index in [0.29, 0.717) is 0 Å². The van der Waals surface area contributed by atoms with E-state index in [-0.39, 0.29) is 16.3 Å². The van der Waals surface area contributed by atoms with Gasteiger partial charge in [-0.3, -0.25) is 19.2 Å². The highest BCUT2D eigenvalue weighted by Gasteiger charge is 2.27. The average Bonchev–Trinajstić information content (AvgIpc) is 3.20. The molecule has 0 aliphatic heterocycles. The van der Waals surface area contributed by atoms with Crippen LogP contribution >= 0.6 is 0 Å². The van der Waals surface area contributed by atoms with Crippen LogP contribution in [-0.4, -0.2) is 36.6 Å². The fraction of sp³-hybridized carbons (Fsp3) is 0.143. The van der Waals surface area contributed by atoms with Gasteiger partial charge in [0.1, 0.15) is 6.54 Å². The molecule has 0 saturated heterocycles. The summed E-state index contributed by atoms with van der Waals surface area (Å²) < 4.78 is 29.8. The number of carbonyl (C=O) groups excluding carboxylic acids is 1. The fourth-order valence-electron chi connectivity index (χ4n) is 4.12. The Bertz CT molecular complexity index is 1630. The van der Waals surface area contributed by atoms with Crippen molar-refractivity contribution in [2.45, 2.75) is 25.7 Å². The van der Waals surface area contributed by atoms with Gasteiger partial charge >= 0.3 is 0 Å². The largest absolute Gasteiger partial charge is 0.318 e. The van der Waals surface area contributed by atoms with Crippen LogP contribution in [-0.2, 0) is 14.8 Å². The van der Waals surface area contributed by atoms with Crippen LogP contribution in [0.4, 0.5) is 11.4 Å². The van der Waals surface area contributed by atoms with Crippen molar-refractivity contribution in [3.05, 3.63) is 118 Å². The summed E-state index contributed by atoms with van der Waals surface area (Å²) in [4.78, 5) is 23.3. The molecule has 1 heterocycles. The predicted molar refractivity (Wildman–Crippen MR) is 150 cm³/mol. The maximum atomic E-state index is 13.4. The molecule has 0 spiro atoms. The van der Waals surface area contributed by atoms with Crippen LogP contribution in [0.5, 0.6) is 0 Å². The summed E-state index contributed by atoms with van der Waals surface area (Å²) >= 11 is 0. The minimum absolute atomic E-state index is 0.0248. The molecule has 4 rings (SSSR count). The summed E-state index contributed by atoms with van der Waals surface area (Å²) in [6.45, 7) is 5.35. The molecule has 0 aliphatic rings. The number of nitro benzene ring substituents is 1. The number of aryl methyl sites for hydroxylation is 2. The Morgan fingerprint density at radius 3 is 2.26 bits per heavy atom. The van der Waals surface area contributed by atoms with Gasteiger partial charge in [0.25, 0.3) is 21.6 Å². The minimum Gasteiger partial charge on any atom is -0.318 e. The highest BCUT2D eigenvalue weighted by molar-refractivity contribution is 7.92. The number of hydrogen-bond acceptors (Lipinski definition) is 6. The molecule has 4 aromatic rings. The number of rotatable bonds is 9. The molecule has 0 bridgehead atoms. The van der Waals surface area contributed by atoms with Crippen LogP contribution in [0.1, 0.15) is 22.5 Å². The van der Waals surface area contributed by atoms with Gasteiger partial charge in [-0.25, -0.2) is 13.8 Å². The molecule has 10 nitrogen and oxygen atoms in total. The molecule has 1 aromatic heterocycles. The van der Waals surface area contributed by atoms with Gasteiger partial charge in [-0.2, -0.15) is 5.10 Å². The smallest absolute Gasteiger partial charge is 0.269 e. The summed E-state index contributed by atoms with van der Waals surface area (Å²) in [7, 11) is -4.15. The second kappa shape index (κ2) is 11.3. The lowest BCUT2D eigenvalue weighted by molar-refractivity contribution is -0.384. The van der Waals surface area contributed by atoms with Gasteiger partial charge in [-0.1, -0.05) is 35.9 Å². The van der Waals surface area contributed by atoms with Crippen LogP contribution in [0, 0.1) is 30.9 Å². The molecule has 39 heavy (non-hydrogen) atoms. The van der Waals surface area contributed by atoms with Crippen molar-refractivity contribution in [2.24, 2.45) is 5.10 Å². The van der Waals surface area contributed by atoms with Crippen LogP contribution in [0.3, 0.4) is 0 Å². The molecule has 1 amide bonds. The number of nitrogens with one attached hydrogen (secondary N) is 1. The number of non-ortho nitro benzene ring substituents is 1. The summed E-state index contributed by atoms with van der Waals surface area (Å²) in [5.41, 5.74) is 7.16. The molecule has 0 unspecified atom stereocenters. The monoisotopic (exact) mass is 545 g/mol. The van der Waals surface area contributed by atoms with E-state index < -0.39 is 27.4 Å². The average molecular weight is 546 g/mol. The molecular formula is C28H27N5O5S. The third kappa shape index (κ3) is 6.04. The molecule has 0 atom stereocenters. The maximum Gasteiger partial charge on any atom is 0.269 e. The van der Waals surface area contributed by atoms with Crippen LogP contribution in [0.25, 0.3) is 5.69 Å². The Morgan fingerprint density at radius 1 is 1.00 bits per heavy atom. The Morgan fingerprint density at radius 2 is 1.64 bits per heavy atom. The Hall–Kier alpha value is -4.77. The zero-order chi connectivity index (χ0) is 28.2. The van der Waals surface area contributed by atoms with Crippen molar-refractivity contribution in [1.82, 2.24) is 9.99 Å². The first-order valence-corrected chi connectivity index (χ1v) is 13.4. The third-order valence-electron chi connectivity index (χ3n) is 6.12. The minimum atomic E-state index is -4.15. The van der Waals surface area contributed by atoms with Crippen molar-refractivity contribution in [3.8, 4) is 5.69 Å². The highest BCUT2D eigenvalue weighted by atomic mass is 32.2. The van der Waals surface area contributed by atoms with E-state index in [1.807, 2.05) is 51.1 Å². The van der Waals surface area contributed by atoms with Crippen molar-refractivity contribution >= 4 is 33.5 Å². The van der Waals surface area contributed by atoms with E-state index >= 15 is 0 Å². The van der Waals surface area contributed by atoms with Crippen molar-refractivity contribution in [2.75, 3.05) is 10.8 Å². The zero-order valence-corrected chi connectivity index (χ0v) is 22.4. The van der Waals surface area contributed by atoms with Gasteiger partial charge in [-0.05, 0) is 63.2 Å². The second-order valence-electron chi connectivity index (χ2n) is 8.89. The Labute approximate surface area is 226 Å². The number of amides is 1. The number of sulfonamides is 1. The van der Waals surface area contributed by atoms with E-state index in [2.05, 4.69) is 15.1 Å². The van der Waals surface area contributed by atoms with Gasteiger partial charge < -0.3 is 4.57 Å². The molecule has 11 heteroatoms. The summed E-state index contributed by atoms with van der Waals surface area (Å²) in [6, 6.07) is 22.6. The van der Waals surface area contributed by atoms with Crippen LogP contribution in [0.15, 0.2) is 94.9 Å². The quantitative estimate of drug-likeness (QED) is 0.186. The van der Waals surface area contributed by atoms with E-state index in [1.54, 1.807) is 18.2 Å². The molecule has 200 valence electrons. The molecule has 1 N–H and O–H groups in total. The standard InChI is InChI=1S/C28H27N5O5S/c1-20-9-11-25(12-10-20)32-21(2)17-23(22(32)3)18-29-30-28(34)19-31(24-13-15-26(16-14-24)33(35)36)39(37,38)27-7-5-4-6-8-27/h4-18H,19H2,1-3H3,(H,30,34)/b29-18-. The molecule has 0 aliphatic carbocycles. The first-order valence-electron chi connectivity index (χ1n) is 12.0. The topological polar surface area (TPSA) is 127 Å². The molecule has 3 aromatic carbocycles. The normalized spacial score (nSPS) is 11.5. The van der Waals surface area contributed by atoms with Crippen molar-refractivity contribution < 1.29 is 18.1 Å². The molecule has 0 saturated carbocycles. The molecular weight excluding hydrogens is 518 g/mol. The highest BCUT2D eigenvalue weighted by Crippen LogP contribution is 2.26. The van der Waals surface area contributed by atoms with E-state index in [1.165, 1.54) is 42.6 Å². The van der Waals surface area contributed by atoms with Crippen LogP contribution in [0.2, 0.25) is 0 Å². The van der Waals surface area contributed by atoms with E-state index in [0.717, 1.165) is 32.5 Å². The van der Waals surface area contributed by atoms with Gasteiger partial charge in [0.15, 0.2) is 0 Å². The third-order valence-corrected chi connectivity index (χ3v) is 7.91. The number of nitrogens with zero attached hydrogens (tertiary/aromatic N) is 4. The lowest BCUT2D eigenvalue weighted by atomic mass is 10.2. The number of hydrazone groups is 1. The Kier molecular flexibility index (Phi) is 7.91. The lowest BCUT2D eigenvalue weighted by Crippen LogP contribution is -2.39. The van der Waals surface area contributed by atoms with Gasteiger partial charge in [0.05, 0.1) is 21.7 Å². The number of carbonyl (C=O) groups is 1. The summed E-state index contributed by atoms with van der Waals surface area (Å²) in [5.74, 6) is -0.684. The summed E-state index contributed by atoms with van der Waals surface area (Å²) in [5, 5.41) is 15.1. The van der Waals surface area contributed by atoms with Gasteiger partial charge in [0, 0.05) is 34.8 Å². The van der Waals surface area contributed by atoms with E-state index in [9.17, 15) is 23.3 Å². The molecule has 0 radical (unpaired) electrons.